The molecule has 5 atom stereocenters. The van der Waals surface area contributed by atoms with Gasteiger partial charge in [0.05, 0.1) is 24.4 Å². The van der Waals surface area contributed by atoms with Gasteiger partial charge in [-0.2, -0.15) is 0 Å². The third-order valence-electron chi connectivity index (χ3n) is 13.9. The van der Waals surface area contributed by atoms with E-state index < -0.39 is 30.5 Å². The van der Waals surface area contributed by atoms with Gasteiger partial charge < -0.3 is 23.1 Å². The molecule has 10 heteroatoms. The van der Waals surface area contributed by atoms with Gasteiger partial charge in [-0.15, -0.1) is 11.8 Å². The fraction of sp³-hybridized carbons (Fsp3) is 0.526. The van der Waals surface area contributed by atoms with Crippen LogP contribution in [0.1, 0.15) is 119 Å². The van der Waals surface area contributed by atoms with Crippen molar-refractivity contribution in [1.82, 2.24) is 0 Å². The SMILES string of the molecule is Cc1cc(C(CC[C@H]2OC(C)(C)O[C@@H]2C(/C=C\C[C@H](C)O[Si](c2ccccc2)(c2ccccc2)C(C)(C)C)O[Si](C)(C)C(C)(C)C)Sc2ccccc2)c(C(=O)OCC[Si](C)(C)C)c(C)c1C. The zero-order valence-corrected chi connectivity index (χ0v) is 48.0. The Morgan fingerprint density at radius 2 is 1.33 bits per heavy atom. The van der Waals surface area contributed by atoms with E-state index in [0.29, 0.717) is 25.0 Å². The Hall–Kier alpha value is -3.07. The van der Waals surface area contributed by atoms with Crippen LogP contribution in [-0.4, -0.2) is 67.5 Å². The summed E-state index contributed by atoms with van der Waals surface area (Å²) in [6.07, 6.45) is 5.62. The summed E-state index contributed by atoms with van der Waals surface area (Å²) in [4.78, 5) is 15.4. The van der Waals surface area contributed by atoms with Gasteiger partial charge in [-0.1, -0.05) is 158 Å². The Labute approximate surface area is 413 Å². The van der Waals surface area contributed by atoms with Crippen molar-refractivity contribution in [1.29, 1.82) is 0 Å². The molecule has 0 bridgehead atoms. The molecule has 0 saturated carbocycles. The number of aryl methyl sites for hydroxylation is 1. The van der Waals surface area contributed by atoms with Crippen molar-refractivity contribution >= 4 is 52.8 Å². The molecule has 6 nitrogen and oxygen atoms in total. The maximum atomic E-state index is 14.2. The molecule has 1 aliphatic heterocycles. The lowest BCUT2D eigenvalue weighted by molar-refractivity contribution is -0.152. The van der Waals surface area contributed by atoms with Crippen molar-refractivity contribution in [2.24, 2.45) is 0 Å². The molecule has 4 aromatic carbocycles. The molecule has 67 heavy (non-hydrogen) atoms. The predicted octanol–water partition coefficient (Wildman–Crippen LogP) is 14.5. The molecule has 366 valence electrons. The van der Waals surface area contributed by atoms with Crippen LogP contribution >= 0.6 is 11.8 Å². The summed E-state index contributed by atoms with van der Waals surface area (Å²) in [6.45, 7) is 38.5. The van der Waals surface area contributed by atoms with E-state index >= 15 is 0 Å². The summed E-state index contributed by atoms with van der Waals surface area (Å²) in [5.41, 5.74) is 5.01. The van der Waals surface area contributed by atoms with Crippen LogP contribution in [0.3, 0.4) is 0 Å². The summed E-state index contributed by atoms with van der Waals surface area (Å²) in [6, 6.07) is 35.4. The second kappa shape index (κ2) is 22.3. The molecule has 2 unspecified atom stereocenters. The highest BCUT2D eigenvalue weighted by Crippen LogP contribution is 2.46. The minimum absolute atomic E-state index is 0.0259. The largest absolute Gasteiger partial charge is 0.462 e. The number of esters is 1. The number of hydrogen-bond acceptors (Lipinski definition) is 7. The van der Waals surface area contributed by atoms with Crippen LogP contribution < -0.4 is 10.4 Å². The highest BCUT2D eigenvalue weighted by atomic mass is 32.2. The lowest BCUT2D eigenvalue weighted by Crippen LogP contribution is -2.67. The molecular weight excluding hydrogens is 897 g/mol. The Balaban J connectivity index is 1.50. The summed E-state index contributed by atoms with van der Waals surface area (Å²) in [5, 5.41) is 2.34. The normalized spacial score (nSPS) is 18.5. The van der Waals surface area contributed by atoms with Gasteiger partial charge in [-0.05, 0) is 135 Å². The molecule has 0 N–H and O–H groups in total. The summed E-state index contributed by atoms with van der Waals surface area (Å²) < 4.78 is 34.8. The Morgan fingerprint density at radius 1 is 0.776 bits per heavy atom. The zero-order valence-electron chi connectivity index (χ0n) is 44.2. The van der Waals surface area contributed by atoms with E-state index in [1.807, 2.05) is 13.8 Å². The van der Waals surface area contributed by atoms with Crippen molar-refractivity contribution in [2.75, 3.05) is 6.61 Å². The fourth-order valence-electron chi connectivity index (χ4n) is 8.96. The number of thioether (sulfide) groups is 1. The monoisotopic (exact) mass is 981 g/mol. The number of rotatable bonds is 20. The van der Waals surface area contributed by atoms with Crippen LogP contribution in [0.2, 0.25) is 48.9 Å². The molecule has 0 radical (unpaired) electrons. The molecular formula is C57H84O6SSi3. The highest BCUT2D eigenvalue weighted by Gasteiger charge is 2.51. The van der Waals surface area contributed by atoms with E-state index in [0.717, 1.165) is 34.1 Å². The highest BCUT2D eigenvalue weighted by molar-refractivity contribution is 7.99. The zero-order chi connectivity index (χ0) is 49.6. The molecule has 0 aliphatic carbocycles. The molecule has 1 aliphatic rings. The van der Waals surface area contributed by atoms with Crippen molar-refractivity contribution in [3.05, 3.63) is 137 Å². The smallest absolute Gasteiger partial charge is 0.338 e. The first-order chi connectivity index (χ1) is 31.2. The van der Waals surface area contributed by atoms with Gasteiger partial charge in [0.25, 0.3) is 8.32 Å². The van der Waals surface area contributed by atoms with Crippen molar-refractivity contribution in [3.8, 4) is 0 Å². The molecule has 0 aromatic heterocycles. The number of hydrogen-bond donors (Lipinski definition) is 0. The Morgan fingerprint density at radius 3 is 1.85 bits per heavy atom. The third-order valence-corrected chi connectivity index (χ3v) is 26.6. The van der Waals surface area contributed by atoms with Crippen LogP contribution in [0.5, 0.6) is 0 Å². The minimum Gasteiger partial charge on any atom is -0.462 e. The van der Waals surface area contributed by atoms with Crippen LogP contribution in [0, 0.1) is 20.8 Å². The maximum Gasteiger partial charge on any atom is 0.338 e. The van der Waals surface area contributed by atoms with E-state index in [2.05, 4.69) is 211 Å². The first kappa shape index (κ1) is 54.9. The topological polar surface area (TPSA) is 63.2 Å². The van der Waals surface area contributed by atoms with Crippen LogP contribution in [0.25, 0.3) is 0 Å². The Kier molecular flexibility index (Phi) is 18.3. The molecule has 1 fully saturated rings. The van der Waals surface area contributed by atoms with Gasteiger partial charge >= 0.3 is 5.97 Å². The van der Waals surface area contributed by atoms with Gasteiger partial charge in [-0.3, -0.25) is 0 Å². The maximum absolute atomic E-state index is 14.2. The average molecular weight is 982 g/mol. The summed E-state index contributed by atoms with van der Waals surface area (Å²) in [7, 11) is -6.48. The van der Waals surface area contributed by atoms with E-state index in [4.69, 9.17) is 23.1 Å². The first-order valence-corrected chi connectivity index (χ1v) is 34.0. The molecule has 5 rings (SSSR count). The molecule has 0 spiro atoms. The van der Waals surface area contributed by atoms with Crippen LogP contribution in [0.4, 0.5) is 0 Å². The van der Waals surface area contributed by atoms with E-state index in [1.54, 1.807) is 11.8 Å². The van der Waals surface area contributed by atoms with E-state index in [9.17, 15) is 4.79 Å². The number of benzene rings is 4. The number of ether oxygens (including phenoxy) is 3. The molecule has 1 heterocycles. The second-order valence-corrected chi connectivity index (χ2v) is 39.0. The average Bonchev–Trinajstić information content (AvgIpc) is 3.56. The standard InChI is InChI=1S/C57H84O6SSi3/c1-41-40-48(52(44(4)43(41)3)54(58)59-38-39-65(13,14)15)51(64-45-29-21-18-22-30-45)37-36-49-53(61-57(11,12)60-49)50(63-66(16,17)55(5,6)7)35-27-28-42(2)62-67(56(8,9)10,46-31-23-19-24-32-46)47-33-25-20-26-34-47/h18-27,29-35,40,42,49-51,53H,28,36-39H2,1-17H3/b35-27-/t42-,49+,50?,51?,53-/m0/s1. The van der Waals surface area contributed by atoms with Gasteiger partial charge in [-0.25, -0.2) is 4.79 Å². The molecule has 4 aromatic rings. The number of carbonyl (C=O) groups is 1. The third kappa shape index (κ3) is 14.1. The van der Waals surface area contributed by atoms with Gasteiger partial charge in [0.2, 0.25) is 0 Å². The quantitative estimate of drug-likeness (QED) is 0.0378. The minimum atomic E-state index is -2.75. The van der Waals surface area contributed by atoms with Crippen molar-refractivity contribution < 1.29 is 27.9 Å². The first-order valence-electron chi connectivity index (χ1n) is 24.6. The van der Waals surface area contributed by atoms with Gasteiger partial charge in [0, 0.05) is 24.3 Å². The van der Waals surface area contributed by atoms with Crippen LogP contribution in [-0.2, 0) is 23.1 Å². The lowest BCUT2D eigenvalue weighted by atomic mass is 9.90. The summed E-state index contributed by atoms with van der Waals surface area (Å²) >= 11 is 1.80. The van der Waals surface area contributed by atoms with Gasteiger partial charge in [0.15, 0.2) is 14.1 Å². The van der Waals surface area contributed by atoms with Crippen molar-refractivity contribution in [3.63, 3.8) is 0 Å². The van der Waals surface area contributed by atoms with E-state index in [-0.39, 0.29) is 45.7 Å². The van der Waals surface area contributed by atoms with Gasteiger partial charge in [0.1, 0.15) is 6.10 Å². The number of carbonyl (C=O) groups excluding carboxylic acids is 1. The fourth-order valence-corrected chi connectivity index (χ4v) is 16.8. The lowest BCUT2D eigenvalue weighted by Gasteiger charge is -2.44. The Bertz CT molecular complexity index is 2200. The van der Waals surface area contributed by atoms with Crippen molar-refractivity contribution in [2.45, 2.75) is 192 Å². The molecule has 1 saturated heterocycles. The van der Waals surface area contributed by atoms with Crippen LogP contribution in [0.15, 0.2) is 114 Å². The molecule has 0 amide bonds. The predicted molar refractivity (Wildman–Crippen MR) is 291 cm³/mol. The summed E-state index contributed by atoms with van der Waals surface area (Å²) in [5.74, 6) is -1.05. The van der Waals surface area contributed by atoms with E-state index in [1.165, 1.54) is 15.9 Å². The second-order valence-electron chi connectivity index (χ2n) is 23.1.